The van der Waals surface area contributed by atoms with Crippen LogP contribution in [0.1, 0.15) is 30.1 Å². The Bertz CT molecular complexity index is 627. The molecule has 0 saturated carbocycles. The lowest BCUT2D eigenvalue weighted by Crippen LogP contribution is -2.46. The molecule has 6 nitrogen and oxygen atoms in total. The van der Waals surface area contributed by atoms with Crippen molar-refractivity contribution in [2.75, 3.05) is 20.1 Å². The van der Waals surface area contributed by atoms with Gasteiger partial charge in [0.2, 0.25) is 5.91 Å². The molecule has 2 aromatic heterocycles. The summed E-state index contributed by atoms with van der Waals surface area (Å²) in [5, 5.41) is 3.94. The zero-order valence-corrected chi connectivity index (χ0v) is 13.7. The van der Waals surface area contributed by atoms with Gasteiger partial charge in [-0.3, -0.25) is 4.79 Å². The third-order valence-corrected chi connectivity index (χ3v) is 4.36. The van der Waals surface area contributed by atoms with Crippen molar-refractivity contribution in [3.63, 3.8) is 0 Å². The number of piperidine rings is 1. The van der Waals surface area contributed by atoms with E-state index in [4.69, 9.17) is 8.94 Å². The first kappa shape index (κ1) is 15.8. The molecule has 1 fully saturated rings. The van der Waals surface area contributed by atoms with E-state index in [2.05, 4.69) is 17.1 Å². The molecule has 1 aliphatic rings. The summed E-state index contributed by atoms with van der Waals surface area (Å²) in [7, 11) is 2.12. The molecule has 1 amide bonds. The highest BCUT2D eigenvalue weighted by Crippen LogP contribution is 2.20. The molecule has 124 valence electrons. The van der Waals surface area contributed by atoms with Gasteiger partial charge >= 0.3 is 0 Å². The number of hydrogen-bond acceptors (Lipinski definition) is 5. The van der Waals surface area contributed by atoms with Gasteiger partial charge in [-0.05, 0) is 52.0 Å². The number of amides is 1. The molecule has 0 aromatic carbocycles. The van der Waals surface area contributed by atoms with Crippen LogP contribution in [0.2, 0.25) is 0 Å². The fourth-order valence-corrected chi connectivity index (χ4v) is 3.06. The molecule has 1 aliphatic heterocycles. The predicted molar refractivity (Wildman–Crippen MR) is 84.7 cm³/mol. The van der Waals surface area contributed by atoms with Crippen molar-refractivity contribution in [1.29, 1.82) is 0 Å². The first-order valence-corrected chi connectivity index (χ1v) is 8.04. The standard InChI is InChI=1S/C17H23N3O3/c1-13-10-14(18-23-13)11-17(21)20(12-16-4-3-9-22-16)15-5-7-19(2)8-6-15/h3-4,9-10,15H,5-8,11-12H2,1-2H3. The fourth-order valence-electron chi connectivity index (χ4n) is 3.06. The van der Waals surface area contributed by atoms with E-state index in [0.717, 1.165) is 37.5 Å². The molecule has 0 spiro atoms. The molecule has 3 heterocycles. The van der Waals surface area contributed by atoms with Crippen LogP contribution in [0, 0.1) is 6.92 Å². The molecule has 0 unspecified atom stereocenters. The molecule has 0 bridgehead atoms. The Kier molecular flexibility index (Phi) is 4.81. The largest absolute Gasteiger partial charge is 0.467 e. The van der Waals surface area contributed by atoms with Crippen LogP contribution < -0.4 is 0 Å². The Morgan fingerprint density at radius 2 is 2.22 bits per heavy atom. The Labute approximate surface area is 136 Å². The smallest absolute Gasteiger partial charge is 0.229 e. The number of likely N-dealkylation sites (tertiary alicyclic amines) is 1. The van der Waals surface area contributed by atoms with Gasteiger partial charge in [-0.15, -0.1) is 0 Å². The summed E-state index contributed by atoms with van der Waals surface area (Å²) < 4.78 is 10.5. The zero-order chi connectivity index (χ0) is 16.2. The highest BCUT2D eigenvalue weighted by molar-refractivity contribution is 5.78. The summed E-state index contributed by atoms with van der Waals surface area (Å²) in [4.78, 5) is 17.1. The van der Waals surface area contributed by atoms with Gasteiger partial charge in [0.05, 0.1) is 24.9 Å². The monoisotopic (exact) mass is 317 g/mol. The summed E-state index contributed by atoms with van der Waals surface area (Å²) in [6, 6.07) is 5.83. The Hall–Kier alpha value is -2.08. The minimum atomic E-state index is 0.0734. The zero-order valence-electron chi connectivity index (χ0n) is 13.7. The van der Waals surface area contributed by atoms with Crippen molar-refractivity contribution in [2.24, 2.45) is 0 Å². The lowest BCUT2D eigenvalue weighted by atomic mass is 10.0. The SMILES string of the molecule is Cc1cc(CC(=O)N(Cc2ccco2)C2CCN(C)CC2)no1. The lowest BCUT2D eigenvalue weighted by Gasteiger charge is -2.37. The van der Waals surface area contributed by atoms with E-state index >= 15 is 0 Å². The maximum atomic E-state index is 12.8. The number of aryl methyl sites for hydroxylation is 1. The van der Waals surface area contributed by atoms with E-state index in [0.29, 0.717) is 12.2 Å². The first-order chi connectivity index (χ1) is 11.1. The number of nitrogens with zero attached hydrogens (tertiary/aromatic N) is 3. The number of carbonyl (C=O) groups is 1. The number of hydrogen-bond donors (Lipinski definition) is 0. The maximum Gasteiger partial charge on any atom is 0.229 e. The van der Waals surface area contributed by atoms with Gasteiger partial charge in [0, 0.05) is 12.1 Å². The maximum absolute atomic E-state index is 12.8. The average Bonchev–Trinajstić information content (AvgIpc) is 3.17. The minimum Gasteiger partial charge on any atom is -0.467 e. The summed E-state index contributed by atoms with van der Waals surface area (Å²) in [5.74, 6) is 1.61. The molecule has 2 aromatic rings. The van der Waals surface area contributed by atoms with Crippen LogP contribution in [0.4, 0.5) is 0 Å². The van der Waals surface area contributed by atoms with E-state index in [1.165, 1.54) is 0 Å². The van der Waals surface area contributed by atoms with Crippen LogP contribution in [0.3, 0.4) is 0 Å². The molecule has 0 aliphatic carbocycles. The van der Waals surface area contributed by atoms with Crippen LogP contribution in [-0.2, 0) is 17.8 Å². The van der Waals surface area contributed by atoms with Crippen LogP contribution in [0.15, 0.2) is 33.4 Å². The third kappa shape index (κ3) is 4.01. The molecule has 0 radical (unpaired) electrons. The Balaban J connectivity index is 1.72. The van der Waals surface area contributed by atoms with Crippen LogP contribution >= 0.6 is 0 Å². The van der Waals surface area contributed by atoms with E-state index in [1.807, 2.05) is 30.0 Å². The van der Waals surface area contributed by atoms with Crippen molar-refractivity contribution < 1.29 is 13.7 Å². The van der Waals surface area contributed by atoms with Crippen LogP contribution in [0.5, 0.6) is 0 Å². The summed E-state index contributed by atoms with van der Waals surface area (Å²) in [5.41, 5.74) is 0.685. The van der Waals surface area contributed by atoms with Crippen molar-refractivity contribution in [1.82, 2.24) is 15.0 Å². The lowest BCUT2D eigenvalue weighted by molar-refractivity contribution is -0.134. The van der Waals surface area contributed by atoms with Gasteiger partial charge in [0.15, 0.2) is 0 Å². The predicted octanol–water partition coefficient (Wildman–Crippen LogP) is 2.24. The number of aromatic nitrogens is 1. The minimum absolute atomic E-state index is 0.0734. The molecule has 23 heavy (non-hydrogen) atoms. The van der Waals surface area contributed by atoms with E-state index in [-0.39, 0.29) is 18.4 Å². The topological polar surface area (TPSA) is 62.7 Å². The van der Waals surface area contributed by atoms with Crippen LogP contribution in [-0.4, -0.2) is 47.0 Å². The second kappa shape index (κ2) is 7.00. The molecular formula is C17H23N3O3. The van der Waals surface area contributed by atoms with Crippen molar-refractivity contribution in [3.05, 3.63) is 41.7 Å². The Morgan fingerprint density at radius 1 is 1.43 bits per heavy atom. The highest BCUT2D eigenvalue weighted by Gasteiger charge is 2.28. The molecule has 0 N–H and O–H groups in total. The van der Waals surface area contributed by atoms with Gasteiger partial charge < -0.3 is 18.7 Å². The molecule has 0 atom stereocenters. The Morgan fingerprint density at radius 3 is 2.83 bits per heavy atom. The third-order valence-electron chi connectivity index (χ3n) is 4.36. The normalized spacial score (nSPS) is 16.6. The van der Waals surface area contributed by atoms with Crippen molar-refractivity contribution in [3.8, 4) is 0 Å². The fraction of sp³-hybridized carbons (Fsp3) is 0.529. The first-order valence-electron chi connectivity index (χ1n) is 8.04. The highest BCUT2D eigenvalue weighted by atomic mass is 16.5. The molecule has 6 heteroatoms. The summed E-state index contributed by atoms with van der Waals surface area (Å²) in [6.07, 6.45) is 3.89. The van der Waals surface area contributed by atoms with E-state index in [9.17, 15) is 4.79 Å². The van der Waals surface area contributed by atoms with E-state index < -0.39 is 0 Å². The summed E-state index contributed by atoms with van der Waals surface area (Å²) in [6.45, 7) is 4.36. The van der Waals surface area contributed by atoms with Gasteiger partial charge in [-0.25, -0.2) is 0 Å². The number of furan rings is 1. The van der Waals surface area contributed by atoms with E-state index in [1.54, 1.807) is 6.26 Å². The van der Waals surface area contributed by atoms with Crippen molar-refractivity contribution >= 4 is 5.91 Å². The van der Waals surface area contributed by atoms with Gasteiger partial charge in [-0.2, -0.15) is 0 Å². The quantitative estimate of drug-likeness (QED) is 0.846. The number of rotatable bonds is 5. The average molecular weight is 317 g/mol. The van der Waals surface area contributed by atoms with Gasteiger partial charge in [0.1, 0.15) is 11.5 Å². The molecule has 1 saturated heterocycles. The second-order valence-corrected chi connectivity index (χ2v) is 6.24. The summed E-state index contributed by atoms with van der Waals surface area (Å²) >= 11 is 0. The molecular weight excluding hydrogens is 294 g/mol. The van der Waals surface area contributed by atoms with Crippen molar-refractivity contribution in [2.45, 2.75) is 38.8 Å². The number of carbonyl (C=O) groups excluding carboxylic acids is 1. The van der Waals surface area contributed by atoms with Gasteiger partial charge in [0.25, 0.3) is 0 Å². The second-order valence-electron chi connectivity index (χ2n) is 6.24. The van der Waals surface area contributed by atoms with Crippen LogP contribution in [0.25, 0.3) is 0 Å². The molecule has 3 rings (SSSR count). The van der Waals surface area contributed by atoms with Gasteiger partial charge in [-0.1, -0.05) is 5.16 Å².